The largest absolute Gasteiger partial charge is 0.368 e. The first kappa shape index (κ1) is 20.9. The van der Waals surface area contributed by atoms with Gasteiger partial charge in [-0.15, -0.1) is 0 Å². The van der Waals surface area contributed by atoms with Crippen molar-refractivity contribution in [2.24, 2.45) is 5.92 Å². The van der Waals surface area contributed by atoms with Crippen molar-refractivity contribution in [3.8, 4) is 0 Å². The van der Waals surface area contributed by atoms with Crippen LogP contribution in [0.2, 0.25) is 5.02 Å². The molecule has 3 aromatic rings. The Bertz CT molecular complexity index is 1190. The molecule has 5 nitrogen and oxygen atoms in total. The van der Waals surface area contributed by atoms with E-state index in [0.717, 1.165) is 49.5 Å². The van der Waals surface area contributed by atoms with E-state index in [-0.39, 0.29) is 4.90 Å². The number of benzene rings is 2. The van der Waals surface area contributed by atoms with Gasteiger partial charge in [0.05, 0.1) is 10.4 Å². The van der Waals surface area contributed by atoms with Gasteiger partial charge in [0.1, 0.15) is 0 Å². The van der Waals surface area contributed by atoms with Gasteiger partial charge in [-0.3, -0.25) is 0 Å². The van der Waals surface area contributed by atoms with E-state index in [1.165, 1.54) is 22.9 Å². The molecule has 2 heterocycles. The Kier molecular flexibility index (Phi) is 5.49. The minimum absolute atomic E-state index is 0.202. The number of aromatic nitrogens is 1. The minimum atomic E-state index is -3.72. The monoisotopic (exact) mass is 457 g/mol. The third kappa shape index (κ3) is 4.09. The summed E-state index contributed by atoms with van der Waals surface area (Å²) in [6.07, 6.45) is 6.54. The highest BCUT2D eigenvalue weighted by Gasteiger charge is 2.31. The molecule has 1 aliphatic heterocycles. The van der Waals surface area contributed by atoms with Gasteiger partial charge in [0, 0.05) is 34.9 Å². The van der Waals surface area contributed by atoms with Gasteiger partial charge in [-0.05, 0) is 88.1 Å². The highest BCUT2D eigenvalue weighted by atomic mass is 35.5. The topological polar surface area (TPSA) is 45.5 Å². The maximum absolute atomic E-state index is 13.4. The van der Waals surface area contributed by atoms with Gasteiger partial charge in [-0.1, -0.05) is 23.7 Å². The van der Waals surface area contributed by atoms with Gasteiger partial charge < -0.3 is 9.80 Å². The van der Waals surface area contributed by atoms with Crippen LogP contribution in [0, 0.1) is 5.92 Å². The number of hydrogen-bond donors (Lipinski definition) is 0. The van der Waals surface area contributed by atoms with Crippen LogP contribution in [0.4, 0.5) is 5.69 Å². The smallest absolute Gasteiger partial charge is 0.268 e. The fourth-order valence-electron chi connectivity index (χ4n) is 4.66. The van der Waals surface area contributed by atoms with Crippen LogP contribution >= 0.6 is 11.6 Å². The average Bonchev–Trinajstić information content (AvgIpc) is 3.47. The molecule has 31 heavy (non-hydrogen) atoms. The Morgan fingerprint density at radius 1 is 1.03 bits per heavy atom. The standard InChI is InChI=1S/C24H28ClN3O2S/c1-26-13-10-20(11-14-26)27(17-18-8-9-18)23-6-3-7-24-22(23)12-15-28(24)31(29,30)21-5-2-4-19(25)16-21/h2-7,12,15-16,18,20H,8-11,13-14,17H2,1H3. The molecule has 0 bridgehead atoms. The van der Waals surface area contributed by atoms with Crippen LogP contribution in [0.15, 0.2) is 59.6 Å². The summed E-state index contributed by atoms with van der Waals surface area (Å²) in [5.41, 5.74) is 1.87. The Hall–Kier alpha value is -2.02. The van der Waals surface area contributed by atoms with Crippen molar-refractivity contribution < 1.29 is 8.42 Å². The maximum Gasteiger partial charge on any atom is 0.268 e. The number of likely N-dealkylation sites (tertiary alicyclic amines) is 1. The third-order valence-electron chi connectivity index (χ3n) is 6.62. The van der Waals surface area contributed by atoms with Crippen LogP contribution in [-0.2, 0) is 10.0 Å². The van der Waals surface area contributed by atoms with Crippen molar-refractivity contribution >= 4 is 38.2 Å². The average molecular weight is 458 g/mol. The number of halogens is 1. The second kappa shape index (κ2) is 8.15. The van der Waals surface area contributed by atoms with Crippen LogP contribution in [-0.4, -0.2) is 50.0 Å². The molecule has 5 rings (SSSR count). The van der Waals surface area contributed by atoms with E-state index in [4.69, 9.17) is 11.6 Å². The zero-order valence-electron chi connectivity index (χ0n) is 17.7. The molecule has 0 spiro atoms. The Morgan fingerprint density at radius 3 is 2.48 bits per heavy atom. The molecule has 0 N–H and O–H groups in total. The van der Waals surface area contributed by atoms with Crippen LogP contribution in [0.25, 0.3) is 10.9 Å². The number of fused-ring (bicyclic) bond motifs is 1. The van der Waals surface area contributed by atoms with E-state index in [0.29, 0.717) is 16.6 Å². The summed E-state index contributed by atoms with van der Waals surface area (Å²) in [5, 5.41) is 1.41. The highest BCUT2D eigenvalue weighted by Crippen LogP contribution is 2.37. The molecule has 1 aliphatic carbocycles. The Morgan fingerprint density at radius 2 is 1.77 bits per heavy atom. The van der Waals surface area contributed by atoms with Crippen molar-refractivity contribution in [3.05, 3.63) is 59.8 Å². The quantitative estimate of drug-likeness (QED) is 0.531. The molecular formula is C24H28ClN3O2S. The maximum atomic E-state index is 13.4. The highest BCUT2D eigenvalue weighted by molar-refractivity contribution is 7.90. The molecule has 1 saturated carbocycles. The van der Waals surface area contributed by atoms with Crippen molar-refractivity contribution in [1.29, 1.82) is 0 Å². The molecular weight excluding hydrogens is 430 g/mol. The normalized spacial score (nSPS) is 18.5. The van der Waals surface area contributed by atoms with Gasteiger partial charge in [0.2, 0.25) is 0 Å². The molecule has 2 fully saturated rings. The third-order valence-corrected chi connectivity index (χ3v) is 8.54. The number of rotatable bonds is 6. The zero-order chi connectivity index (χ0) is 21.6. The van der Waals surface area contributed by atoms with Crippen LogP contribution in [0.5, 0.6) is 0 Å². The predicted molar refractivity (Wildman–Crippen MR) is 127 cm³/mol. The summed E-state index contributed by atoms with van der Waals surface area (Å²) in [6.45, 7) is 3.26. The number of hydrogen-bond acceptors (Lipinski definition) is 4. The first-order valence-electron chi connectivity index (χ1n) is 11.0. The van der Waals surface area contributed by atoms with Gasteiger partial charge in [-0.25, -0.2) is 12.4 Å². The van der Waals surface area contributed by atoms with E-state index in [1.807, 2.05) is 18.2 Å². The SMILES string of the molecule is CN1CCC(N(CC2CC2)c2cccc3c2ccn3S(=O)(=O)c2cccc(Cl)c2)CC1. The lowest BCUT2D eigenvalue weighted by atomic mass is 10.0. The number of nitrogens with zero attached hydrogens (tertiary/aromatic N) is 3. The second-order valence-corrected chi connectivity index (χ2v) is 11.2. The summed E-state index contributed by atoms with van der Waals surface area (Å²) in [5.74, 6) is 0.757. The lowest BCUT2D eigenvalue weighted by Crippen LogP contribution is -2.44. The fourth-order valence-corrected chi connectivity index (χ4v) is 6.30. The van der Waals surface area contributed by atoms with Crippen LogP contribution < -0.4 is 4.90 Å². The molecule has 1 aromatic heterocycles. The van der Waals surface area contributed by atoms with Crippen LogP contribution in [0.1, 0.15) is 25.7 Å². The van der Waals surface area contributed by atoms with Crippen molar-refractivity contribution in [1.82, 2.24) is 8.87 Å². The van der Waals surface area contributed by atoms with Crippen molar-refractivity contribution in [3.63, 3.8) is 0 Å². The molecule has 164 valence electrons. The first-order chi connectivity index (χ1) is 14.9. The van der Waals surface area contributed by atoms with E-state index in [1.54, 1.807) is 24.4 Å². The second-order valence-electron chi connectivity index (χ2n) is 8.91. The van der Waals surface area contributed by atoms with Crippen LogP contribution in [0.3, 0.4) is 0 Å². The minimum Gasteiger partial charge on any atom is -0.368 e. The number of anilines is 1. The van der Waals surface area contributed by atoms with E-state index < -0.39 is 10.0 Å². The lowest BCUT2D eigenvalue weighted by molar-refractivity contribution is 0.249. The Labute approximate surface area is 189 Å². The van der Waals surface area contributed by atoms with Crippen molar-refractivity contribution in [2.45, 2.75) is 36.6 Å². The zero-order valence-corrected chi connectivity index (χ0v) is 19.3. The molecule has 2 aliphatic rings. The van der Waals surface area contributed by atoms with Gasteiger partial charge in [0.25, 0.3) is 10.0 Å². The van der Waals surface area contributed by atoms with Gasteiger partial charge in [0.15, 0.2) is 0 Å². The predicted octanol–water partition coefficient (Wildman–Crippen LogP) is 4.84. The molecule has 1 saturated heterocycles. The van der Waals surface area contributed by atoms with E-state index in [2.05, 4.69) is 22.9 Å². The summed E-state index contributed by atoms with van der Waals surface area (Å²) < 4.78 is 28.1. The number of piperidine rings is 1. The van der Waals surface area contributed by atoms with E-state index >= 15 is 0 Å². The van der Waals surface area contributed by atoms with E-state index in [9.17, 15) is 8.42 Å². The molecule has 0 atom stereocenters. The summed E-state index contributed by atoms with van der Waals surface area (Å²) in [6, 6.07) is 14.9. The molecule has 7 heteroatoms. The molecule has 0 radical (unpaired) electrons. The first-order valence-corrected chi connectivity index (χ1v) is 12.8. The molecule has 0 amide bonds. The van der Waals surface area contributed by atoms with Crippen molar-refractivity contribution in [2.75, 3.05) is 31.6 Å². The lowest BCUT2D eigenvalue weighted by Gasteiger charge is -2.39. The Balaban J connectivity index is 1.56. The summed E-state index contributed by atoms with van der Waals surface area (Å²) in [4.78, 5) is 5.15. The van der Waals surface area contributed by atoms with Gasteiger partial charge in [-0.2, -0.15) is 0 Å². The fraction of sp³-hybridized carbons (Fsp3) is 0.417. The van der Waals surface area contributed by atoms with Gasteiger partial charge >= 0.3 is 0 Å². The summed E-state index contributed by atoms with van der Waals surface area (Å²) in [7, 11) is -1.54. The molecule has 2 aromatic carbocycles. The molecule has 0 unspecified atom stereocenters. The summed E-state index contributed by atoms with van der Waals surface area (Å²) >= 11 is 6.06.